The smallest absolute Gasteiger partial charge is 0.250 e. The zero-order chi connectivity index (χ0) is 12.5. The summed E-state index contributed by atoms with van der Waals surface area (Å²) in [7, 11) is 0. The minimum Gasteiger partial charge on any atom is -0.399 e. The molecule has 17 heavy (non-hydrogen) atoms. The number of hydrogen-bond donors (Lipinski definition) is 2. The quantitative estimate of drug-likeness (QED) is 0.564. The van der Waals surface area contributed by atoms with E-state index >= 15 is 0 Å². The molecule has 94 valence electrons. The molecule has 1 rings (SSSR count). The third kappa shape index (κ3) is 5.92. The molecule has 0 atom stereocenters. The first-order valence-electron chi connectivity index (χ1n) is 5.95. The average Bonchev–Trinajstić information content (AvgIpc) is 2.29. The number of nitrogens with two attached hydrogens (primary N) is 1. The Morgan fingerprint density at radius 1 is 1.41 bits per heavy atom. The Morgan fingerprint density at radius 2 is 2.24 bits per heavy atom. The highest BCUT2D eigenvalue weighted by atomic mass is 16.5. The Bertz CT molecular complexity index is 353. The summed E-state index contributed by atoms with van der Waals surface area (Å²) in [6, 6.07) is 7.09. The number of nitrogen functional groups attached to an aromatic ring is 1. The molecule has 0 saturated heterocycles. The standard InChI is InChI=1S/C13H20N2O2/c1-2-3-4-8-17-10-13(16)15-12-7-5-6-11(14)9-12/h5-7,9H,2-4,8,10,14H2,1H3,(H,15,16). The number of amides is 1. The van der Waals surface area contributed by atoms with E-state index in [1.807, 2.05) is 0 Å². The van der Waals surface area contributed by atoms with E-state index in [4.69, 9.17) is 10.5 Å². The highest BCUT2D eigenvalue weighted by Gasteiger charge is 2.02. The fraction of sp³-hybridized carbons (Fsp3) is 0.462. The van der Waals surface area contributed by atoms with Crippen LogP contribution in [-0.2, 0) is 9.53 Å². The van der Waals surface area contributed by atoms with Gasteiger partial charge in [0.1, 0.15) is 6.61 Å². The summed E-state index contributed by atoms with van der Waals surface area (Å²) in [6.07, 6.45) is 3.29. The molecule has 0 radical (unpaired) electrons. The Labute approximate surface area is 102 Å². The van der Waals surface area contributed by atoms with E-state index in [1.54, 1.807) is 24.3 Å². The Balaban J connectivity index is 2.21. The van der Waals surface area contributed by atoms with Crippen molar-refractivity contribution in [3.63, 3.8) is 0 Å². The van der Waals surface area contributed by atoms with Gasteiger partial charge in [-0.1, -0.05) is 25.8 Å². The second kappa shape index (κ2) is 7.68. The zero-order valence-electron chi connectivity index (χ0n) is 10.2. The third-order valence-electron chi connectivity index (χ3n) is 2.30. The molecule has 0 aromatic heterocycles. The molecule has 0 unspecified atom stereocenters. The predicted octanol–water partition coefficient (Wildman–Crippen LogP) is 2.41. The average molecular weight is 236 g/mol. The number of unbranched alkanes of at least 4 members (excludes halogenated alkanes) is 2. The van der Waals surface area contributed by atoms with Gasteiger partial charge in [0.05, 0.1) is 0 Å². The van der Waals surface area contributed by atoms with E-state index in [-0.39, 0.29) is 12.5 Å². The topological polar surface area (TPSA) is 64.3 Å². The van der Waals surface area contributed by atoms with Gasteiger partial charge in [0.2, 0.25) is 5.91 Å². The lowest BCUT2D eigenvalue weighted by Crippen LogP contribution is -2.18. The second-order valence-electron chi connectivity index (χ2n) is 3.93. The lowest BCUT2D eigenvalue weighted by Gasteiger charge is -2.06. The molecular weight excluding hydrogens is 216 g/mol. The maximum absolute atomic E-state index is 11.5. The molecule has 0 aliphatic carbocycles. The van der Waals surface area contributed by atoms with Gasteiger partial charge in [-0.3, -0.25) is 4.79 Å². The van der Waals surface area contributed by atoms with E-state index in [0.29, 0.717) is 18.0 Å². The van der Waals surface area contributed by atoms with Gasteiger partial charge in [-0.2, -0.15) is 0 Å². The molecule has 1 amide bonds. The van der Waals surface area contributed by atoms with Crippen molar-refractivity contribution in [1.82, 2.24) is 0 Å². The van der Waals surface area contributed by atoms with Crippen LogP contribution >= 0.6 is 0 Å². The summed E-state index contributed by atoms with van der Waals surface area (Å²) in [5.74, 6) is -0.146. The summed E-state index contributed by atoms with van der Waals surface area (Å²) in [5, 5.41) is 2.73. The first kappa shape index (κ1) is 13.5. The van der Waals surface area contributed by atoms with Crippen LogP contribution in [0.2, 0.25) is 0 Å². The molecule has 1 aromatic rings. The fourth-order valence-corrected chi connectivity index (χ4v) is 1.43. The minimum absolute atomic E-state index is 0.0957. The largest absolute Gasteiger partial charge is 0.399 e. The number of hydrogen-bond acceptors (Lipinski definition) is 3. The van der Waals surface area contributed by atoms with Crippen molar-refractivity contribution in [3.8, 4) is 0 Å². The van der Waals surface area contributed by atoms with Crippen molar-refractivity contribution in [2.45, 2.75) is 26.2 Å². The maximum atomic E-state index is 11.5. The lowest BCUT2D eigenvalue weighted by atomic mass is 10.3. The van der Waals surface area contributed by atoms with Crippen molar-refractivity contribution in [3.05, 3.63) is 24.3 Å². The molecule has 0 spiro atoms. The number of carbonyl (C=O) groups excluding carboxylic acids is 1. The predicted molar refractivity (Wildman–Crippen MR) is 69.8 cm³/mol. The van der Waals surface area contributed by atoms with Crippen LogP contribution in [0.15, 0.2) is 24.3 Å². The Kier molecular flexibility index (Phi) is 6.10. The van der Waals surface area contributed by atoms with Crippen molar-refractivity contribution in [2.75, 3.05) is 24.3 Å². The number of benzene rings is 1. The van der Waals surface area contributed by atoms with Gasteiger partial charge in [-0.05, 0) is 24.6 Å². The van der Waals surface area contributed by atoms with E-state index in [1.165, 1.54) is 0 Å². The maximum Gasteiger partial charge on any atom is 0.250 e. The Morgan fingerprint density at radius 3 is 2.94 bits per heavy atom. The van der Waals surface area contributed by atoms with Crippen molar-refractivity contribution >= 4 is 17.3 Å². The minimum atomic E-state index is -0.146. The number of anilines is 2. The van der Waals surface area contributed by atoms with Crippen LogP contribution < -0.4 is 11.1 Å². The monoisotopic (exact) mass is 236 g/mol. The fourth-order valence-electron chi connectivity index (χ4n) is 1.43. The van der Waals surface area contributed by atoms with Gasteiger partial charge < -0.3 is 15.8 Å². The number of nitrogens with one attached hydrogen (secondary N) is 1. The van der Waals surface area contributed by atoms with Gasteiger partial charge >= 0.3 is 0 Å². The molecular formula is C13H20N2O2. The summed E-state index contributed by atoms with van der Waals surface area (Å²) >= 11 is 0. The van der Waals surface area contributed by atoms with Crippen molar-refractivity contribution in [2.24, 2.45) is 0 Å². The third-order valence-corrected chi connectivity index (χ3v) is 2.30. The molecule has 0 heterocycles. The zero-order valence-corrected chi connectivity index (χ0v) is 10.2. The van der Waals surface area contributed by atoms with E-state index in [9.17, 15) is 4.79 Å². The molecule has 1 aromatic carbocycles. The normalized spacial score (nSPS) is 10.2. The number of carbonyl (C=O) groups is 1. The highest BCUT2D eigenvalue weighted by molar-refractivity contribution is 5.92. The molecule has 0 bridgehead atoms. The Hall–Kier alpha value is -1.55. The first-order chi connectivity index (χ1) is 8.22. The molecule has 4 heteroatoms. The van der Waals surface area contributed by atoms with Crippen LogP contribution in [0, 0.1) is 0 Å². The molecule has 0 fully saturated rings. The SMILES string of the molecule is CCCCCOCC(=O)Nc1cccc(N)c1. The van der Waals surface area contributed by atoms with Crippen LogP contribution in [0.1, 0.15) is 26.2 Å². The lowest BCUT2D eigenvalue weighted by molar-refractivity contribution is -0.120. The molecule has 4 nitrogen and oxygen atoms in total. The van der Waals surface area contributed by atoms with Crippen LogP contribution in [0.5, 0.6) is 0 Å². The number of rotatable bonds is 7. The molecule has 3 N–H and O–H groups in total. The van der Waals surface area contributed by atoms with E-state index in [0.717, 1.165) is 19.3 Å². The first-order valence-corrected chi connectivity index (χ1v) is 5.95. The summed E-state index contributed by atoms with van der Waals surface area (Å²) < 4.78 is 5.26. The molecule has 0 aliphatic heterocycles. The summed E-state index contributed by atoms with van der Waals surface area (Å²) in [4.78, 5) is 11.5. The van der Waals surface area contributed by atoms with Crippen LogP contribution in [0.3, 0.4) is 0 Å². The number of ether oxygens (including phenoxy) is 1. The van der Waals surface area contributed by atoms with Gasteiger partial charge in [-0.25, -0.2) is 0 Å². The van der Waals surface area contributed by atoms with Crippen molar-refractivity contribution in [1.29, 1.82) is 0 Å². The summed E-state index contributed by atoms with van der Waals surface area (Å²) in [5.41, 5.74) is 6.94. The highest BCUT2D eigenvalue weighted by Crippen LogP contribution is 2.11. The summed E-state index contributed by atoms with van der Waals surface area (Å²) in [6.45, 7) is 2.86. The van der Waals surface area contributed by atoms with E-state index in [2.05, 4.69) is 12.2 Å². The van der Waals surface area contributed by atoms with E-state index < -0.39 is 0 Å². The van der Waals surface area contributed by atoms with Crippen LogP contribution in [0.25, 0.3) is 0 Å². The van der Waals surface area contributed by atoms with Crippen molar-refractivity contribution < 1.29 is 9.53 Å². The van der Waals surface area contributed by atoms with Gasteiger partial charge in [-0.15, -0.1) is 0 Å². The molecule has 0 saturated carbocycles. The van der Waals surface area contributed by atoms with Gasteiger partial charge in [0.15, 0.2) is 0 Å². The van der Waals surface area contributed by atoms with Gasteiger partial charge in [0, 0.05) is 18.0 Å². The van der Waals surface area contributed by atoms with Gasteiger partial charge in [0.25, 0.3) is 0 Å². The second-order valence-corrected chi connectivity index (χ2v) is 3.93. The van der Waals surface area contributed by atoms with Crippen LogP contribution in [0.4, 0.5) is 11.4 Å². The van der Waals surface area contributed by atoms with Crippen LogP contribution in [-0.4, -0.2) is 19.1 Å². The molecule has 0 aliphatic rings.